The van der Waals surface area contributed by atoms with Gasteiger partial charge in [-0.1, -0.05) is 12.1 Å². The van der Waals surface area contributed by atoms with E-state index in [1.54, 1.807) is 13.3 Å². The predicted molar refractivity (Wildman–Crippen MR) is 72.8 cm³/mol. The molecule has 0 saturated carbocycles. The van der Waals surface area contributed by atoms with Gasteiger partial charge in [-0.25, -0.2) is 0 Å². The molecule has 0 fully saturated rings. The van der Waals surface area contributed by atoms with E-state index in [1.165, 1.54) is 0 Å². The Kier molecular flexibility index (Phi) is 4.92. The first-order chi connectivity index (χ1) is 8.83. The van der Waals surface area contributed by atoms with Gasteiger partial charge in [-0.05, 0) is 28.1 Å². The minimum Gasteiger partial charge on any atom is -0.464 e. The minimum absolute atomic E-state index is 0.178. The van der Waals surface area contributed by atoms with E-state index in [2.05, 4.69) is 20.9 Å². The Morgan fingerprint density at radius 1 is 1.22 bits per heavy atom. The third kappa shape index (κ3) is 3.19. The first kappa shape index (κ1) is 13.3. The number of hydrogen-bond donors (Lipinski definition) is 0. The molecule has 4 nitrogen and oxygen atoms in total. The van der Waals surface area contributed by atoms with Gasteiger partial charge in [-0.15, -0.1) is 0 Å². The number of rotatable bonds is 6. The van der Waals surface area contributed by atoms with E-state index >= 15 is 0 Å². The van der Waals surface area contributed by atoms with Crippen LogP contribution in [0.1, 0.15) is 0 Å². The van der Waals surface area contributed by atoms with E-state index in [0.29, 0.717) is 19.0 Å². The molecule has 0 saturated heterocycles. The lowest BCUT2D eigenvalue weighted by atomic mass is 10.2. The normalized spacial score (nSPS) is 10.8. The lowest BCUT2D eigenvalue weighted by Gasteiger charge is -2.10. The van der Waals surface area contributed by atoms with Crippen molar-refractivity contribution in [2.75, 3.05) is 27.1 Å². The largest absolute Gasteiger partial charge is 0.464 e. The molecule has 1 aromatic carbocycles. The van der Waals surface area contributed by atoms with Gasteiger partial charge in [0.15, 0.2) is 12.5 Å². The van der Waals surface area contributed by atoms with Crippen LogP contribution >= 0.6 is 15.9 Å². The average Bonchev–Trinajstić information content (AvgIpc) is 2.41. The maximum absolute atomic E-state index is 5.61. The molecule has 2 rings (SSSR count). The fourth-order valence-electron chi connectivity index (χ4n) is 1.53. The molecule has 0 aliphatic rings. The number of aromatic nitrogens is 1. The standard InChI is InChI=1S/C13H14BrNO3/c1-16-7-8-17-9-18-13-11(14)5-4-10-3-2-6-15-12(10)13/h2-6H,7-9H2,1H3. The summed E-state index contributed by atoms with van der Waals surface area (Å²) in [5, 5.41) is 1.03. The van der Waals surface area contributed by atoms with Crippen LogP contribution in [-0.2, 0) is 9.47 Å². The van der Waals surface area contributed by atoms with Gasteiger partial charge in [-0.2, -0.15) is 0 Å². The summed E-state index contributed by atoms with van der Waals surface area (Å²) in [7, 11) is 1.63. The second kappa shape index (κ2) is 6.68. The van der Waals surface area contributed by atoms with Gasteiger partial charge in [0.05, 0.1) is 17.7 Å². The van der Waals surface area contributed by atoms with Crippen molar-refractivity contribution >= 4 is 26.8 Å². The smallest absolute Gasteiger partial charge is 0.189 e. The van der Waals surface area contributed by atoms with E-state index in [4.69, 9.17) is 14.2 Å². The molecule has 0 atom stereocenters. The summed E-state index contributed by atoms with van der Waals surface area (Å²) in [6.07, 6.45) is 1.74. The van der Waals surface area contributed by atoms with Gasteiger partial charge >= 0.3 is 0 Å². The molecule has 0 radical (unpaired) electrons. The summed E-state index contributed by atoms with van der Waals surface area (Å²) in [5.74, 6) is 0.700. The van der Waals surface area contributed by atoms with Crippen molar-refractivity contribution in [3.8, 4) is 5.75 Å². The number of halogens is 1. The zero-order chi connectivity index (χ0) is 12.8. The average molecular weight is 312 g/mol. The highest BCUT2D eigenvalue weighted by atomic mass is 79.9. The second-order valence-electron chi connectivity index (χ2n) is 3.61. The van der Waals surface area contributed by atoms with Crippen LogP contribution < -0.4 is 4.74 Å². The maximum atomic E-state index is 5.61. The van der Waals surface area contributed by atoms with Gasteiger partial charge in [0.2, 0.25) is 0 Å². The Bertz CT molecular complexity index is 519. The van der Waals surface area contributed by atoms with Crippen molar-refractivity contribution in [2.24, 2.45) is 0 Å². The number of benzene rings is 1. The van der Waals surface area contributed by atoms with Crippen LogP contribution in [0.4, 0.5) is 0 Å². The van der Waals surface area contributed by atoms with Crippen LogP contribution in [0.25, 0.3) is 10.9 Å². The first-order valence-corrected chi connectivity index (χ1v) is 6.35. The molecular weight excluding hydrogens is 298 g/mol. The zero-order valence-corrected chi connectivity index (χ0v) is 11.6. The molecule has 1 heterocycles. The second-order valence-corrected chi connectivity index (χ2v) is 4.47. The fourth-order valence-corrected chi connectivity index (χ4v) is 1.97. The van der Waals surface area contributed by atoms with Crippen molar-refractivity contribution in [1.82, 2.24) is 4.98 Å². The minimum atomic E-state index is 0.178. The van der Waals surface area contributed by atoms with E-state index in [-0.39, 0.29) is 6.79 Å². The number of nitrogens with zero attached hydrogens (tertiary/aromatic N) is 1. The number of ether oxygens (including phenoxy) is 3. The van der Waals surface area contributed by atoms with Gasteiger partial charge in [0, 0.05) is 18.7 Å². The molecule has 0 spiro atoms. The van der Waals surface area contributed by atoms with Crippen LogP contribution in [0.3, 0.4) is 0 Å². The van der Waals surface area contributed by atoms with E-state index in [0.717, 1.165) is 15.4 Å². The summed E-state index contributed by atoms with van der Waals surface area (Å²) in [6.45, 7) is 1.24. The monoisotopic (exact) mass is 311 g/mol. The molecule has 18 heavy (non-hydrogen) atoms. The molecule has 0 bridgehead atoms. The molecule has 96 valence electrons. The summed E-state index contributed by atoms with van der Waals surface area (Å²) in [6, 6.07) is 7.82. The lowest BCUT2D eigenvalue weighted by Crippen LogP contribution is -2.08. The number of pyridine rings is 1. The number of fused-ring (bicyclic) bond motifs is 1. The number of hydrogen-bond acceptors (Lipinski definition) is 4. The van der Waals surface area contributed by atoms with Crippen LogP contribution in [0.2, 0.25) is 0 Å². The number of methoxy groups -OCH3 is 1. The lowest BCUT2D eigenvalue weighted by molar-refractivity contribution is -0.00819. The Labute approximate surface area is 114 Å². The Morgan fingerprint density at radius 3 is 2.94 bits per heavy atom. The summed E-state index contributed by atoms with van der Waals surface area (Å²) in [5.41, 5.74) is 0.821. The van der Waals surface area contributed by atoms with Crippen molar-refractivity contribution in [3.05, 3.63) is 34.9 Å². The first-order valence-electron chi connectivity index (χ1n) is 5.55. The maximum Gasteiger partial charge on any atom is 0.189 e. The Morgan fingerprint density at radius 2 is 2.11 bits per heavy atom. The molecule has 0 aliphatic carbocycles. The van der Waals surface area contributed by atoms with Crippen molar-refractivity contribution in [1.29, 1.82) is 0 Å². The predicted octanol–water partition coefficient (Wildman–Crippen LogP) is 3.00. The summed E-state index contributed by atoms with van der Waals surface area (Å²) in [4.78, 5) is 4.32. The van der Waals surface area contributed by atoms with Gasteiger partial charge < -0.3 is 14.2 Å². The van der Waals surface area contributed by atoms with Crippen LogP contribution in [0.15, 0.2) is 34.9 Å². The highest BCUT2D eigenvalue weighted by Gasteiger charge is 2.07. The third-order valence-electron chi connectivity index (χ3n) is 2.40. The Hall–Kier alpha value is -1.17. The summed E-state index contributed by atoms with van der Waals surface area (Å²) < 4.78 is 16.6. The molecule has 1 aromatic heterocycles. The van der Waals surface area contributed by atoms with E-state index in [9.17, 15) is 0 Å². The van der Waals surface area contributed by atoms with Crippen molar-refractivity contribution < 1.29 is 14.2 Å². The highest BCUT2D eigenvalue weighted by Crippen LogP contribution is 2.32. The topological polar surface area (TPSA) is 40.6 Å². The van der Waals surface area contributed by atoms with E-state index in [1.807, 2.05) is 24.3 Å². The SMILES string of the molecule is COCCOCOc1c(Br)ccc2cccnc12. The fraction of sp³-hybridized carbons (Fsp3) is 0.308. The Balaban J connectivity index is 2.09. The molecular formula is C13H14BrNO3. The van der Waals surface area contributed by atoms with Crippen LogP contribution in [0, 0.1) is 0 Å². The zero-order valence-electron chi connectivity index (χ0n) is 10.1. The molecule has 0 amide bonds. The van der Waals surface area contributed by atoms with Crippen LogP contribution in [0.5, 0.6) is 5.75 Å². The van der Waals surface area contributed by atoms with Crippen molar-refractivity contribution in [3.63, 3.8) is 0 Å². The summed E-state index contributed by atoms with van der Waals surface area (Å²) >= 11 is 3.46. The van der Waals surface area contributed by atoms with E-state index < -0.39 is 0 Å². The molecule has 2 aromatic rings. The third-order valence-corrected chi connectivity index (χ3v) is 3.02. The quantitative estimate of drug-likeness (QED) is 0.607. The molecule has 0 aliphatic heterocycles. The van der Waals surface area contributed by atoms with Crippen molar-refractivity contribution in [2.45, 2.75) is 0 Å². The molecule has 5 heteroatoms. The van der Waals surface area contributed by atoms with Gasteiger partial charge in [0.25, 0.3) is 0 Å². The highest BCUT2D eigenvalue weighted by molar-refractivity contribution is 9.10. The molecule has 0 unspecified atom stereocenters. The van der Waals surface area contributed by atoms with Gasteiger partial charge in [-0.3, -0.25) is 4.98 Å². The molecule has 0 N–H and O–H groups in total. The van der Waals surface area contributed by atoms with Crippen LogP contribution in [-0.4, -0.2) is 32.1 Å². The van der Waals surface area contributed by atoms with Gasteiger partial charge in [0.1, 0.15) is 5.52 Å².